The molecule has 0 saturated heterocycles. The van der Waals surface area contributed by atoms with Crippen molar-refractivity contribution in [2.24, 2.45) is 0 Å². The number of benzene rings is 2. The molecular formula is C16H16N2S. The van der Waals surface area contributed by atoms with Gasteiger partial charge in [0.15, 0.2) is 0 Å². The lowest BCUT2D eigenvalue weighted by atomic mass is 10.1. The van der Waals surface area contributed by atoms with Gasteiger partial charge in [0.05, 0.1) is 11.2 Å². The number of nitrogens with zero attached hydrogens (tertiary/aromatic N) is 1. The fourth-order valence-electron chi connectivity index (χ4n) is 2.17. The molecule has 2 nitrogen and oxygen atoms in total. The van der Waals surface area contributed by atoms with Crippen LogP contribution in [0.1, 0.15) is 16.1 Å². The van der Waals surface area contributed by atoms with E-state index in [1.807, 2.05) is 5.51 Å². The Hall–Kier alpha value is -1.71. The highest BCUT2D eigenvalue weighted by Crippen LogP contribution is 2.16. The van der Waals surface area contributed by atoms with Crippen molar-refractivity contribution in [2.45, 2.75) is 20.0 Å². The first-order valence-corrected chi connectivity index (χ1v) is 7.28. The van der Waals surface area contributed by atoms with Gasteiger partial charge in [-0.3, -0.25) is 0 Å². The van der Waals surface area contributed by atoms with Gasteiger partial charge in [-0.05, 0) is 29.3 Å². The van der Waals surface area contributed by atoms with Gasteiger partial charge in [-0.15, -0.1) is 11.3 Å². The Morgan fingerprint density at radius 3 is 2.68 bits per heavy atom. The second-order valence-corrected chi connectivity index (χ2v) is 5.59. The molecule has 0 spiro atoms. The summed E-state index contributed by atoms with van der Waals surface area (Å²) in [6, 6.07) is 15.1. The summed E-state index contributed by atoms with van der Waals surface area (Å²) in [7, 11) is 0. The fraction of sp³-hybridized carbons (Fsp3) is 0.188. The zero-order valence-corrected chi connectivity index (χ0v) is 11.7. The summed E-state index contributed by atoms with van der Waals surface area (Å²) in [5, 5.41) is 6.08. The minimum Gasteiger partial charge on any atom is -0.308 e. The first-order chi connectivity index (χ1) is 9.33. The molecule has 3 heteroatoms. The van der Waals surface area contributed by atoms with Gasteiger partial charge in [-0.2, -0.15) is 0 Å². The molecule has 96 valence electrons. The molecule has 3 rings (SSSR count). The number of fused-ring (bicyclic) bond motifs is 1. The van der Waals surface area contributed by atoms with Crippen LogP contribution < -0.4 is 5.32 Å². The summed E-state index contributed by atoms with van der Waals surface area (Å²) in [5.41, 5.74) is 4.36. The molecule has 1 heterocycles. The topological polar surface area (TPSA) is 24.9 Å². The molecule has 19 heavy (non-hydrogen) atoms. The van der Waals surface area contributed by atoms with Gasteiger partial charge in [-0.1, -0.05) is 36.4 Å². The van der Waals surface area contributed by atoms with E-state index in [0.717, 1.165) is 18.8 Å². The van der Waals surface area contributed by atoms with Crippen molar-refractivity contribution >= 4 is 22.1 Å². The maximum atomic E-state index is 4.26. The normalized spacial score (nSPS) is 11.0. The highest BCUT2D eigenvalue weighted by atomic mass is 32.1. The van der Waals surface area contributed by atoms with E-state index in [-0.39, 0.29) is 0 Å². The van der Waals surface area contributed by atoms with Gasteiger partial charge >= 0.3 is 0 Å². The van der Waals surface area contributed by atoms with Crippen molar-refractivity contribution < 1.29 is 0 Å². The number of hydrogen-bond donors (Lipinski definition) is 1. The Morgan fingerprint density at radius 1 is 1.05 bits per heavy atom. The number of thiazole rings is 1. The number of aromatic nitrogens is 1. The van der Waals surface area contributed by atoms with Crippen molar-refractivity contribution in [3.8, 4) is 0 Å². The Bertz CT molecular complexity index is 688. The molecular weight excluding hydrogens is 252 g/mol. The van der Waals surface area contributed by atoms with Crippen molar-refractivity contribution in [3.05, 3.63) is 64.1 Å². The molecule has 0 atom stereocenters. The summed E-state index contributed by atoms with van der Waals surface area (Å²) in [6.45, 7) is 3.84. The summed E-state index contributed by atoms with van der Waals surface area (Å²) in [6.07, 6.45) is 0. The molecule has 0 amide bonds. The summed E-state index contributed by atoms with van der Waals surface area (Å²) in [4.78, 5) is 5.58. The van der Waals surface area contributed by atoms with Gasteiger partial charge in [0.25, 0.3) is 0 Å². The minimum atomic E-state index is 0.891. The first-order valence-electron chi connectivity index (χ1n) is 6.40. The van der Waals surface area contributed by atoms with Gasteiger partial charge in [0.2, 0.25) is 0 Å². The average Bonchev–Trinajstić information content (AvgIpc) is 2.84. The van der Waals surface area contributed by atoms with Crippen molar-refractivity contribution in [1.29, 1.82) is 0 Å². The number of rotatable bonds is 4. The molecule has 0 aliphatic rings. The molecule has 1 aromatic heterocycles. The van der Waals surface area contributed by atoms with Crippen LogP contribution in [-0.2, 0) is 13.1 Å². The lowest BCUT2D eigenvalue weighted by molar-refractivity contribution is 0.697. The maximum absolute atomic E-state index is 4.26. The first kappa shape index (κ1) is 12.3. The molecule has 0 fully saturated rings. The van der Waals surface area contributed by atoms with Crippen molar-refractivity contribution in [1.82, 2.24) is 10.3 Å². The number of nitrogens with one attached hydrogen (secondary N) is 1. The fourth-order valence-corrected chi connectivity index (χ4v) is 2.91. The van der Waals surface area contributed by atoms with Crippen molar-refractivity contribution in [2.75, 3.05) is 0 Å². The molecule has 3 aromatic rings. The number of aryl methyl sites for hydroxylation is 1. The van der Waals surface area contributed by atoms with Crippen molar-refractivity contribution in [3.63, 3.8) is 0 Å². The van der Waals surface area contributed by atoms with E-state index < -0.39 is 0 Å². The van der Waals surface area contributed by atoms with E-state index in [0.29, 0.717) is 0 Å². The van der Waals surface area contributed by atoms with Gasteiger partial charge in [-0.25, -0.2) is 4.98 Å². The summed E-state index contributed by atoms with van der Waals surface area (Å²) < 4.78 is 0. The lowest BCUT2D eigenvalue weighted by Gasteiger charge is -2.05. The van der Waals surface area contributed by atoms with Crippen LogP contribution in [-0.4, -0.2) is 4.98 Å². The third-order valence-electron chi connectivity index (χ3n) is 3.27. The zero-order valence-electron chi connectivity index (χ0n) is 10.9. The van der Waals surface area contributed by atoms with E-state index >= 15 is 0 Å². The highest BCUT2D eigenvalue weighted by Gasteiger charge is 2.01. The predicted octanol–water partition coefficient (Wildman–Crippen LogP) is 3.89. The summed E-state index contributed by atoms with van der Waals surface area (Å²) in [5.74, 6) is 0. The third kappa shape index (κ3) is 2.83. The number of hydrogen-bond acceptors (Lipinski definition) is 3. The van der Waals surface area contributed by atoms with E-state index in [2.05, 4.69) is 59.7 Å². The molecule has 0 radical (unpaired) electrons. The quantitative estimate of drug-likeness (QED) is 0.776. The maximum Gasteiger partial charge on any atom is 0.0798 e. The minimum absolute atomic E-state index is 0.891. The van der Waals surface area contributed by atoms with Gasteiger partial charge < -0.3 is 5.32 Å². The van der Waals surface area contributed by atoms with Crippen LogP contribution in [0.4, 0.5) is 0 Å². The monoisotopic (exact) mass is 268 g/mol. The second-order valence-electron chi connectivity index (χ2n) is 4.65. The molecule has 0 bridgehead atoms. The second kappa shape index (κ2) is 5.51. The van der Waals surface area contributed by atoms with E-state index in [9.17, 15) is 0 Å². The Kier molecular flexibility index (Phi) is 3.58. The van der Waals surface area contributed by atoms with Crippen LogP contribution in [0.3, 0.4) is 0 Å². The molecule has 1 N–H and O–H groups in total. The van der Waals surface area contributed by atoms with Gasteiger partial charge in [0, 0.05) is 18.0 Å². The average molecular weight is 268 g/mol. The van der Waals surface area contributed by atoms with E-state index in [1.54, 1.807) is 11.3 Å². The highest BCUT2D eigenvalue weighted by molar-refractivity contribution is 7.09. The summed E-state index contributed by atoms with van der Waals surface area (Å²) >= 11 is 1.71. The Labute approximate surface area is 117 Å². The molecule has 2 aromatic carbocycles. The molecule has 0 aliphatic carbocycles. The smallest absolute Gasteiger partial charge is 0.0798 e. The molecule has 0 saturated carbocycles. The predicted molar refractivity (Wildman–Crippen MR) is 81.3 cm³/mol. The largest absolute Gasteiger partial charge is 0.308 e. The van der Waals surface area contributed by atoms with Crippen LogP contribution in [0.5, 0.6) is 0 Å². The molecule has 0 unspecified atom stereocenters. The van der Waals surface area contributed by atoms with Crippen LogP contribution in [0.15, 0.2) is 48.0 Å². The van der Waals surface area contributed by atoms with Crippen LogP contribution in [0, 0.1) is 6.92 Å². The zero-order chi connectivity index (χ0) is 13.1. The Balaban J connectivity index is 1.67. The van der Waals surface area contributed by atoms with Crippen LogP contribution in [0.2, 0.25) is 0 Å². The van der Waals surface area contributed by atoms with Crippen LogP contribution in [0.25, 0.3) is 10.8 Å². The standard InChI is InChI=1S/C16H16N2S/c1-12-16(19-11-18-12)10-17-9-13-6-7-14-4-2-3-5-15(14)8-13/h2-8,11,17H,9-10H2,1H3. The SMILES string of the molecule is Cc1ncsc1CNCc1ccc2ccccc2c1. The van der Waals surface area contributed by atoms with E-state index in [1.165, 1.54) is 21.2 Å². The molecule has 0 aliphatic heterocycles. The Morgan fingerprint density at radius 2 is 1.89 bits per heavy atom. The van der Waals surface area contributed by atoms with Gasteiger partial charge in [0.1, 0.15) is 0 Å². The third-order valence-corrected chi connectivity index (χ3v) is 4.21. The van der Waals surface area contributed by atoms with E-state index in [4.69, 9.17) is 0 Å². The van der Waals surface area contributed by atoms with Crippen LogP contribution >= 0.6 is 11.3 Å². The lowest BCUT2D eigenvalue weighted by Crippen LogP contribution is -2.12.